The van der Waals surface area contributed by atoms with Crippen molar-refractivity contribution in [1.29, 1.82) is 0 Å². The van der Waals surface area contributed by atoms with Gasteiger partial charge in [-0.3, -0.25) is 0 Å². The standard InChI is InChI=1S/C10H15ClN2/c1-13(2)10(7-12)8-3-5-9(11)6-4-8/h3-6,10H,7,12H2,1-2H3/p+2/t10-/m1/s1. The normalized spacial score (nSPS) is 13.3. The molecule has 72 valence electrons. The first-order chi connectivity index (χ1) is 6.15. The van der Waals surface area contributed by atoms with Crippen molar-refractivity contribution in [3.8, 4) is 0 Å². The van der Waals surface area contributed by atoms with Crippen LogP contribution in [0.5, 0.6) is 0 Å². The molecule has 0 fully saturated rings. The molecule has 0 aliphatic heterocycles. The second-order valence-electron chi connectivity index (χ2n) is 3.47. The van der Waals surface area contributed by atoms with Crippen LogP contribution in [0.2, 0.25) is 5.02 Å². The zero-order chi connectivity index (χ0) is 9.84. The first-order valence-electron chi connectivity index (χ1n) is 4.50. The maximum Gasteiger partial charge on any atom is 0.162 e. The number of rotatable bonds is 3. The van der Waals surface area contributed by atoms with Gasteiger partial charge < -0.3 is 10.6 Å². The summed E-state index contributed by atoms with van der Waals surface area (Å²) in [6, 6.07) is 8.48. The fraction of sp³-hybridized carbons (Fsp3) is 0.400. The number of likely N-dealkylation sites (N-methyl/N-ethyl adjacent to an activating group) is 1. The van der Waals surface area contributed by atoms with Gasteiger partial charge in [0.25, 0.3) is 0 Å². The highest BCUT2D eigenvalue weighted by Gasteiger charge is 2.16. The van der Waals surface area contributed by atoms with Crippen LogP contribution < -0.4 is 10.6 Å². The first-order valence-corrected chi connectivity index (χ1v) is 4.87. The molecule has 0 aliphatic rings. The van der Waals surface area contributed by atoms with Gasteiger partial charge >= 0.3 is 0 Å². The zero-order valence-corrected chi connectivity index (χ0v) is 8.93. The maximum absolute atomic E-state index is 5.82. The smallest absolute Gasteiger partial charge is 0.162 e. The highest BCUT2D eigenvalue weighted by Crippen LogP contribution is 2.13. The SMILES string of the molecule is C[NH+](C)[C@H](C[NH3+])c1ccc(Cl)cc1. The summed E-state index contributed by atoms with van der Waals surface area (Å²) in [5, 5.41) is 0.792. The molecule has 0 spiro atoms. The van der Waals surface area contributed by atoms with Crippen LogP contribution in [0.1, 0.15) is 11.6 Å². The van der Waals surface area contributed by atoms with Crippen LogP contribution in [-0.4, -0.2) is 20.6 Å². The topological polar surface area (TPSA) is 32.1 Å². The molecule has 0 saturated heterocycles. The molecule has 0 heterocycles. The summed E-state index contributed by atoms with van der Waals surface area (Å²) < 4.78 is 0. The third-order valence-electron chi connectivity index (χ3n) is 2.26. The van der Waals surface area contributed by atoms with Crippen molar-refractivity contribution in [2.75, 3.05) is 20.6 Å². The van der Waals surface area contributed by atoms with Crippen molar-refractivity contribution in [3.63, 3.8) is 0 Å². The summed E-state index contributed by atoms with van der Waals surface area (Å²) in [6.45, 7) is 0.907. The highest BCUT2D eigenvalue weighted by atomic mass is 35.5. The molecular formula is C10H17ClN2+2. The maximum atomic E-state index is 5.82. The van der Waals surface area contributed by atoms with Crippen LogP contribution in [-0.2, 0) is 0 Å². The van der Waals surface area contributed by atoms with E-state index >= 15 is 0 Å². The van der Waals surface area contributed by atoms with Gasteiger partial charge in [0.1, 0.15) is 6.54 Å². The molecule has 0 bridgehead atoms. The Morgan fingerprint density at radius 3 is 2.23 bits per heavy atom. The number of halogens is 1. The van der Waals surface area contributed by atoms with Crippen molar-refractivity contribution >= 4 is 11.6 Å². The fourth-order valence-electron chi connectivity index (χ4n) is 1.48. The zero-order valence-electron chi connectivity index (χ0n) is 8.18. The van der Waals surface area contributed by atoms with E-state index in [1.165, 1.54) is 10.5 Å². The summed E-state index contributed by atoms with van der Waals surface area (Å²) in [4.78, 5) is 1.40. The molecule has 1 aromatic rings. The van der Waals surface area contributed by atoms with Gasteiger partial charge in [-0.25, -0.2) is 0 Å². The van der Waals surface area contributed by atoms with Crippen LogP contribution in [0.25, 0.3) is 0 Å². The predicted octanol–water partition coefficient (Wildman–Crippen LogP) is -0.232. The van der Waals surface area contributed by atoms with Gasteiger partial charge in [0.05, 0.1) is 14.1 Å². The summed E-state index contributed by atoms with van der Waals surface area (Å²) in [7, 11) is 4.29. The second-order valence-corrected chi connectivity index (χ2v) is 3.91. The molecule has 0 amide bonds. The van der Waals surface area contributed by atoms with Gasteiger partial charge in [0.15, 0.2) is 6.04 Å². The van der Waals surface area contributed by atoms with E-state index in [0.29, 0.717) is 6.04 Å². The molecule has 4 N–H and O–H groups in total. The minimum atomic E-state index is 0.470. The minimum Gasteiger partial charge on any atom is -0.352 e. The fourth-order valence-corrected chi connectivity index (χ4v) is 1.61. The minimum absolute atomic E-state index is 0.470. The third kappa shape index (κ3) is 2.69. The molecule has 1 rings (SSSR count). The quantitative estimate of drug-likeness (QED) is 0.676. The number of nitrogens with one attached hydrogen (secondary N) is 1. The largest absolute Gasteiger partial charge is 0.352 e. The summed E-state index contributed by atoms with van der Waals surface area (Å²) in [6.07, 6.45) is 0. The molecule has 0 saturated carbocycles. The molecule has 1 atom stereocenters. The number of hydrogen-bond acceptors (Lipinski definition) is 0. The van der Waals surface area contributed by atoms with Gasteiger partial charge in [-0.05, 0) is 12.1 Å². The van der Waals surface area contributed by atoms with Crippen molar-refractivity contribution in [2.24, 2.45) is 0 Å². The Balaban J connectivity index is 2.86. The van der Waals surface area contributed by atoms with Crippen LogP contribution in [0, 0.1) is 0 Å². The van der Waals surface area contributed by atoms with Crippen LogP contribution in [0.3, 0.4) is 0 Å². The first kappa shape index (κ1) is 10.5. The Bertz CT molecular complexity index is 256. The molecule has 0 radical (unpaired) electrons. The predicted molar refractivity (Wildman–Crippen MR) is 54.8 cm³/mol. The van der Waals surface area contributed by atoms with Crippen molar-refractivity contribution in [2.45, 2.75) is 6.04 Å². The molecular weight excluding hydrogens is 184 g/mol. The molecule has 2 nitrogen and oxygen atoms in total. The van der Waals surface area contributed by atoms with E-state index in [0.717, 1.165) is 11.6 Å². The van der Waals surface area contributed by atoms with Crippen molar-refractivity contribution < 1.29 is 10.6 Å². The van der Waals surface area contributed by atoms with Gasteiger partial charge in [-0.1, -0.05) is 23.7 Å². The Labute approximate surface area is 84.3 Å². The molecule has 3 heteroatoms. The Hall–Kier alpha value is -0.570. The number of hydrogen-bond donors (Lipinski definition) is 2. The van der Waals surface area contributed by atoms with E-state index in [4.69, 9.17) is 11.6 Å². The lowest BCUT2D eigenvalue weighted by Crippen LogP contribution is -3.07. The van der Waals surface area contributed by atoms with Gasteiger partial charge in [-0.15, -0.1) is 0 Å². The average Bonchev–Trinajstić information content (AvgIpc) is 2.09. The highest BCUT2D eigenvalue weighted by molar-refractivity contribution is 6.30. The lowest BCUT2D eigenvalue weighted by Gasteiger charge is -2.18. The van der Waals surface area contributed by atoms with Crippen LogP contribution >= 0.6 is 11.6 Å². The van der Waals surface area contributed by atoms with E-state index in [1.807, 2.05) is 12.1 Å². The lowest BCUT2D eigenvalue weighted by molar-refractivity contribution is -0.899. The molecule has 0 aliphatic carbocycles. The summed E-state index contributed by atoms with van der Waals surface area (Å²) >= 11 is 5.82. The van der Waals surface area contributed by atoms with Gasteiger partial charge in [-0.2, -0.15) is 0 Å². The average molecular weight is 201 g/mol. The molecule has 1 aromatic carbocycles. The summed E-state index contributed by atoms with van der Waals surface area (Å²) in [5.74, 6) is 0. The van der Waals surface area contributed by atoms with Gasteiger partial charge in [0.2, 0.25) is 0 Å². The monoisotopic (exact) mass is 200 g/mol. The Morgan fingerprint density at radius 2 is 1.85 bits per heavy atom. The van der Waals surface area contributed by atoms with E-state index in [-0.39, 0.29) is 0 Å². The molecule has 0 unspecified atom stereocenters. The molecule has 13 heavy (non-hydrogen) atoms. The summed E-state index contributed by atoms with van der Waals surface area (Å²) in [5.41, 5.74) is 5.26. The van der Waals surface area contributed by atoms with E-state index < -0.39 is 0 Å². The Kier molecular flexibility index (Phi) is 3.72. The number of quaternary nitrogens is 2. The lowest BCUT2D eigenvalue weighted by atomic mass is 10.1. The van der Waals surface area contributed by atoms with Crippen molar-refractivity contribution in [1.82, 2.24) is 0 Å². The Morgan fingerprint density at radius 1 is 1.31 bits per heavy atom. The van der Waals surface area contributed by atoms with Crippen molar-refractivity contribution in [3.05, 3.63) is 34.9 Å². The number of benzene rings is 1. The van der Waals surface area contributed by atoms with E-state index in [9.17, 15) is 0 Å². The van der Waals surface area contributed by atoms with Crippen LogP contribution in [0.4, 0.5) is 0 Å². The van der Waals surface area contributed by atoms with E-state index in [2.05, 4.69) is 32.0 Å². The van der Waals surface area contributed by atoms with Crippen LogP contribution in [0.15, 0.2) is 24.3 Å². The molecule has 0 aromatic heterocycles. The second kappa shape index (κ2) is 4.61. The third-order valence-corrected chi connectivity index (χ3v) is 2.51. The van der Waals surface area contributed by atoms with Gasteiger partial charge in [0, 0.05) is 10.6 Å². The van der Waals surface area contributed by atoms with E-state index in [1.54, 1.807) is 0 Å².